The fourth-order valence-corrected chi connectivity index (χ4v) is 3.00. The van der Waals surface area contributed by atoms with Crippen molar-refractivity contribution in [2.24, 2.45) is 5.92 Å². The van der Waals surface area contributed by atoms with Crippen LogP contribution >= 0.6 is 0 Å². The Bertz CT molecular complexity index is 851. The summed E-state index contributed by atoms with van der Waals surface area (Å²) in [6, 6.07) is 10.9. The highest BCUT2D eigenvalue weighted by Crippen LogP contribution is 2.47. The summed E-state index contributed by atoms with van der Waals surface area (Å²) in [4.78, 5) is 22.3. The van der Waals surface area contributed by atoms with Crippen LogP contribution in [-0.4, -0.2) is 23.9 Å². The second kappa shape index (κ2) is 7.87. The van der Waals surface area contributed by atoms with Crippen molar-refractivity contribution in [1.82, 2.24) is 5.32 Å². The summed E-state index contributed by atoms with van der Waals surface area (Å²) < 4.78 is 37.8. The van der Waals surface area contributed by atoms with E-state index in [2.05, 4.69) is 10.6 Å². The molecule has 148 valence electrons. The van der Waals surface area contributed by atoms with E-state index in [1.807, 2.05) is 0 Å². The van der Waals surface area contributed by atoms with E-state index in [9.17, 15) is 28.1 Å². The van der Waals surface area contributed by atoms with Crippen LogP contribution < -0.4 is 10.6 Å². The lowest BCUT2D eigenvalue weighted by atomic mass is 10.1. The molecule has 2 atom stereocenters. The summed E-state index contributed by atoms with van der Waals surface area (Å²) in [6.45, 7) is 0.813. The van der Waals surface area contributed by atoms with E-state index in [-0.39, 0.29) is 23.4 Å². The molecular weight excluding hydrogens is 375 g/mol. The maximum atomic E-state index is 12.6. The number of carbonyl (C=O) groups excluding carboxylic acids is 1. The van der Waals surface area contributed by atoms with Gasteiger partial charge in [-0.25, -0.2) is 0 Å². The van der Waals surface area contributed by atoms with Crippen LogP contribution in [0.4, 0.5) is 24.5 Å². The van der Waals surface area contributed by atoms with E-state index in [0.717, 1.165) is 17.7 Å². The van der Waals surface area contributed by atoms with Crippen molar-refractivity contribution >= 4 is 17.3 Å². The number of hydrogen-bond donors (Lipinski definition) is 2. The standard InChI is InChI=1S/C19H18F3N3O3/c20-19(21,22)13-3-1-12(2-4-13)16-11-17(16)18(26)24-10-9-23-14-5-7-15(8-6-14)25(27)28/h1-8,16-17,23H,9-11H2,(H,24,26). The van der Waals surface area contributed by atoms with Crippen LogP contribution in [0, 0.1) is 16.0 Å². The normalized spacial score (nSPS) is 18.4. The molecule has 0 saturated heterocycles. The lowest BCUT2D eigenvalue weighted by molar-refractivity contribution is -0.384. The van der Waals surface area contributed by atoms with Crippen LogP contribution in [0.2, 0.25) is 0 Å². The van der Waals surface area contributed by atoms with Crippen LogP contribution in [0.15, 0.2) is 48.5 Å². The lowest BCUT2D eigenvalue weighted by Gasteiger charge is -2.09. The summed E-state index contributed by atoms with van der Waals surface area (Å²) in [5.74, 6) is -0.406. The molecule has 1 aliphatic carbocycles. The van der Waals surface area contributed by atoms with E-state index in [0.29, 0.717) is 25.2 Å². The van der Waals surface area contributed by atoms with Crippen molar-refractivity contribution in [1.29, 1.82) is 0 Å². The lowest BCUT2D eigenvalue weighted by Crippen LogP contribution is -2.30. The summed E-state index contributed by atoms with van der Waals surface area (Å²) in [5.41, 5.74) is 0.739. The van der Waals surface area contributed by atoms with E-state index >= 15 is 0 Å². The zero-order valence-corrected chi connectivity index (χ0v) is 14.7. The van der Waals surface area contributed by atoms with E-state index in [1.165, 1.54) is 24.3 Å². The number of carbonyl (C=O) groups is 1. The van der Waals surface area contributed by atoms with Gasteiger partial charge in [0.25, 0.3) is 5.69 Å². The molecule has 0 heterocycles. The number of benzene rings is 2. The van der Waals surface area contributed by atoms with Gasteiger partial charge in [0.15, 0.2) is 0 Å². The van der Waals surface area contributed by atoms with Crippen molar-refractivity contribution in [3.63, 3.8) is 0 Å². The molecular formula is C19H18F3N3O3. The number of nitro groups is 1. The van der Waals surface area contributed by atoms with Gasteiger partial charge < -0.3 is 10.6 Å². The van der Waals surface area contributed by atoms with Crippen molar-refractivity contribution in [3.05, 3.63) is 69.8 Å². The number of nitrogens with one attached hydrogen (secondary N) is 2. The van der Waals surface area contributed by atoms with Gasteiger partial charge in [-0.2, -0.15) is 13.2 Å². The molecule has 2 unspecified atom stereocenters. The van der Waals surface area contributed by atoms with Gasteiger partial charge in [0.1, 0.15) is 0 Å². The van der Waals surface area contributed by atoms with Crippen LogP contribution in [0.25, 0.3) is 0 Å². The zero-order valence-electron chi connectivity index (χ0n) is 14.7. The third-order valence-electron chi connectivity index (χ3n) is 4.62. The Morgan fingerprint density at radius 3 is 2.29 bits per heavy atom. The number of rotatable bonds is 7. The monoisotopic (exact) mass is 393 g/mol. The second-order valence-corrected chi connectivity index (χ2v) is 6.59. The van der Waals surface area contributed by atoms with Crippen molar-refractivity contribution in [2.45, 2.75) is 18.5 Å². The molecule has 2 aromatic rings. The van der Waals surface area contributed by atoms with Crippen LogP contribution in [0.5, 0.6) is 0 Å². The highest BCUT2D eigenvalue weighted by Gasteiger charge is 2.44. The minimum Gasteiger partial charge on any atom is -0.383 e. The predicted molar refractivity (Wildman–Crippen MR) is 96.9 cm³/mol. The third kappa shape index (κ3) is 4.79. The topological polar surface area (TPSA) is 84.3 Å². The second-order valence-electron chi connectivity index (χ2n) is 6.59. The third-order valence-corrected chi connectivity index (χ3v) is 4.62. The van der Waals surface area contributed by atoms with Crippen molar-refractivity contribution in [2.75, 3.05) is 18.4 Å². The molecule has 1 fully saturated rings. The van der Waals surface area contributed by atoms with Gasteiger partial charge in [-0.1, -0.05) is 12.1 Å². The Kier molecular flexibility index (Phi) is 5.53. The number of amides is 1. The number of nitro benzene ring substituents is 1. The van der Waals surface area contributed by atoms with Crippen LogP contribution in [0.1, 0.15) is 23.5 Å². The first-order valence-corrected chi connectivity index (χ1v) is 8.69. The van der Waals surface area contributed by atoms with Crippen molar-refractivity contribution < 1.29 is 22.9 Å². The molecule has 2 aromatic carbocycles. The highest BCUT2D eigenvalue weighted by atomic mass is 19.4. The Morgan fingerprint density at radius 1 is 1.07 bits per heavy atom. The first-order chi connectivity index (χ1) is 13.3. The molecule has 0 spiro atoms. The maximum absolute atomic E-state index is 12.6. The molecule has 0 bridgehead atoms. The SMILES string of the molecule is O=C(NCCNc1ccc([N+](=O)[O-])cc1)C1CC1c1ccc(C(F)(F)F)cc1. The van der Waals surface area contributed by atoms with Crippen molar-refractivity contribution in [3.8, 4) is 0 Å². The first kappa shape index (κ1) is 19.7. The molecule has 6 nitrogen and oxygen atoms in total. The largest absolute Gasteiger partial charge is 0.416 e. The molecule has 0 aliphatic heterocycles. The number of nitrogens with zero attached hydrogens (tertiary/aromatic N) is 1. The minimum atomic E-state index is -4.37. The van der Waals surface area contributed by atoms with Gasteiger partial charge in [0.2, 0.25) is 5.91 Å². The quantitative estimate of drug-likeness (QED) is 0.424. The number of halogens is 3. The van der Waals surface area contributed by atoms with Crippen LogP contribution in [-0.2, 0) is 11.0 Å². The van der Waals surface area contributed by atoms with E-state index in [4.69, 9.17) is 0 Å². The summed E-state index contributed by atoms with van der Waals surface area (Å²) in [6.07, 6.45) is -3.75. The fraction of sp³-hybridized carbons (Fsp3) is 0.316. The Labute approximate surface area is 158 Å². The molecule has 0 aromatic heterocycles. The fourth-order valence-electron chi connectivity index (χ4n) is 3.00. The van der Waals surface area contributed by atoms with Gasteiger partial charge in [0, 0.05) is 36.8 Å². The van der Waals surface area contributed by atoms with Gasteiger partial charge in [-0.05, 0) is 42.2 Å². The number of anilines is 1. The number of hydrogen-bond acceptors (Lipinski definition) is 4. The van der Waals surface area contributed by atoms with Crippen LogP contribution in [0.3, 0.4) is 0 Å². The van der Waals surface area contributed by atoms with E-state index < -0.39 is 16.7 Å². The number of alkyl halides is 3. The highest BCUT2D eigenvalue weighted by molar-refractivity contribution is 5.82. The summed E-state index contributed by atoms with van der Waals surface area (Å²) in [7, 11) is 0. The average Bonchev–Trinajstić information content (AvgIpc) is 3.46. The minimum absolute atomic E-state index is 0.00175. The Balaban J connectivity index is 1.41. The predicted octanol–water partition coefficient (Wildman–Crippen LogP) is 3.95. The van der Waals surface area contributed by atoms with E-state index in [1.54, 1.807) is 12.1 Å². The Hall–Kier alpha value is -3.10. The summed E-state index contributed by atoms with van der Waals surface area (Å²) in [5, 5.41) is 16.4. The molecule has 1 saturated carbocycles. The molecule has 3 rings (SSSR count). The smallest absolute Gasteiger partial charge is 0.383 e. The average molecular weight is 393 g/mol. The molecule has 0 radical (unpaired) electrons. The molecule has 1 amide bonds. The zero-order chi connectivity index (χ0) is 20.3. The molecule has 28 heavy (non-hydrogen) atoms. The molecule has 1 aliphatic rings. The number of non-ortho nitro benzene ring substituents is 1. The first-order valence-electron chi connectivity index (χ1n) is 8.69. The Morgan fingerprint density at radius 2 is 1.71 bits per heavy atom. The van der Waals surface area contributed by atoms with Gasteiger partial charge in [-0.3, -0.25) is 14.9 Å². The van der Waals surface area contributed by atoms with Gasteiger partial charge in [-0.15, -0.1) is 0 Å². The van der Waals surface area contributed by atoms with Gasteiger partial charge >= 0.3 is 6.18 Å². The maximum Gasteiger partial charge on any atom is 0.416 e. The summed E-state index contributed by atoms with van der Waals surface area (Å²) >= 11 is 0. The molecule has 9 heteroatoms. The van der Waals surface area contributed by atoms with Gasteiger partial charge in [0.05, 0.1) is 10.5 Å². The molecule has 2 N–H and O–H groups in total.